The number of hydrogen-bond donors (Lipinski definition) is 2. The van der Waals surface area contributed by atoms with Gasteiger partial charge in [0, 0.05) is 6.42 Å². The number of rotatable bonds is 5. The Morgan fingerprint density at radius 3 is 2.60 bits per heavy atom. The van der Waals surface area contributed by atoms with Gasteiger partial charge in [-0.2, -0.15) is 0 Å². The molecular weight excluding hydrogens is 141 g/mol. The van der Waals surface area contributed by atoms with E-state index in [-0.39, 0.29) is 36.0 Å². The summed E-state index contributed by atoms with van der Waals surface area (Å²) >= 11 is 0. The van der Waals surface area contributed by atoms with E-state index < -0.39 is 5.97 Å². The van der Waals surface area contributed by atoms with Gasteiger partial charge in [0.1, 0.15) is 0 Å². The summed E-state index contributed by atoms with van der Waals surface area (Å²) in [4.78, 5) is 9.93. The molecule has 0 radical (unpaired) electrons. The van der Waals surface area contributed by atoms with Crippen LogP contribution in [0.1, 0.15) is 19.8 Å². The van der Waals surface area contributed by atoms with Gasteiger partial charge in [-0.3, -0.25) is 4.79 Å². The van der Waals surface area contributed by atoms with Crippen molar-refractivity contribution in [3.05, 3.63) is 0 Å². The summed E-state index contributed by atoms with van der Waals surface area (Å²) in [5, 5.41) is 11.2. The number of nitrogens with one attached hydrogen (secondary N) is 1. The van der Waals surface area contributed by atoms with Crippen LogP contribution in [-0.4, -0.2) is 53.7 Å². The molecule has 0 aliphatic rings. The van der Waals surface area contributed by atoms with Gasteiger partial charge in [-0.05, 0) is 19.5 Å². The molecule has 0 aliphatic heterocycles. The van der Waals surface area contributed by atoms with Crippen molar-refractivity contribution in [3.8, 4) is 0 Å². The zero-order chi connectivity index (χ0) is 7.11. The van der Waals surface area contributed by atoms with Crippen LogP contribution in [0, 0.1) is 0 Å². The first kappa shape index (κ1) is 13.1. The Bertz CT molecular complexity index is 87.8. The molecular formula is C6H14NNaO2. The molecule has 0 heterocycles. The van der Waals surface area contributed by atoms with Crippen molar-refractivity contribution in [2.45, 2.75) is 19.8 Å². The van der Waals surface area contributed by atoms with Crippen LogP contribution in [0.15, 0.2) is 0 Å². The van der Waals surface area contributed by atoms with E-state index in [9.17, 15) is 4.79 Å². The van der Waals surface area contributed by atoms with Gasteiger partial charge in [-0.25, -0.2) is 0 Å². The van der Waals surface area contributed by atoms with Crippen LogP contribution in [0.5, 0.6) is 0 Å². The standard InChI is InChI=1S/C6H13NO2.Na.H/c1-2-7-5-3-4-6(8)9;;/h7H,2-5H2,1H3,(H,8,9);;. The Kier molecular flexibility index (Phi) is 12.3. The molecule has 0 unspecified atom stereocenters. The van der Waals surface area contributed by atoms with Crippen molar-refractivity contribution in [2.24, 2.45) is 0 Å². The predicted molar refractivity (Wildman–Crippen MR) is 42.6 cm³/mol. The monoisotopic (exact) mass is 155 g/mol. The minimum atomic E-state index is -0.715. The molecule has 3 nitrogen and oxygen atoms in total. The fourth-order valence-corrected chi connectivity index (χ4v) is 0.541. The van der Waals surface area contributed by atoms with Gasteiger partial charge in [0.2, 0.25) is 0 Å². The fourth-order valence-electron chi connectivity index (χ4n) is 0.541. The molecule has 10 heavy (non-hydrogen) atoms. The zero-order valence-electron chi connectivity index (χ0n) is 5.68. The minimum absolute atomic E-state index is 0. The maximum atomic E-state index is 9.93. The van der Waals surface area contributed by atoms with Gasteiger partial charge in [0.25, 0.3) is 0 Å². The molecule has 0 saturated heterocycles. The number of hydrogen-bond acceptors (Lipinski definition) is 2. The summed E-state index contributed by atoms with van der Waals surface area (Å²) in [5.74, 6) is -0.715. The first-order valence-electron chi connectivity index (χ1n) is 3.20. The summed E-state index contributed by atoms with van der Waals surface area (Å²) < 4.78 is 0. The number of aliphatic carboxylic acids is 1. The van der Waals surface area contributed by atoms with Crippen molar-refractivity contribution in [2.75, 3.05) is 13.1 Å². The van der Waals surface area contributed by atoms with Crippen LogP contribution in [-0.2, 0) is 4.79 Å². The molecule has 0 saturated carbocycles. The van der Waals surface area contributed by atoms with Gasteiger partial charge in [-0.1, -0.05) is 6.92 Å². The molecule has 56 valence electrons. The summed E-state index contributed by atoms with van der Waals surface area (Å²) in [6.45, 7) is 3.73. The molecule has 0 spiro atoms. The number of carboxylic acids is 1. The van der Waals surface area contributed by atoms with Crippen molar-refractivity contribution in [1.82, 2.24) is 5.32 Å². The van der Waals surface area contributed by atoms with Crippen molar-refractivity contribution >= 4 is 35.5 Å². The number of carboxylic acid groups (broad SMARTS) is 1. The van der Waals surface area contributed by atoms with Gasteiger partial charge < -0.3 is 10.4 Å². The Hall–Kier alpha value is 0.430. The van der Waals surface area contributed by atoms with E-state index in [2.05, 4.69) is 5.32 Å². The molecule has 0 aromatic rings. The van der Waals surface area contributed by atoms with E-state index >= 15 is 0 Å². The molecule has 0 aromatic heterocycles. The van der Waals surface area contributed by atoms with Gasteiger partial charge in [-0.15, -0.1) is 0 Å². The molecule has 0 bridgehead atoms. The molecule has 0 rings (SSSR count). The van der Waals surface area contributed by atoms with E-state index in [1.54, 1.807) is 0 Å². The molecule has 0 amide bonds. The molecule has 2 N–H and O–H groups in total. The molecule has 0 aromatic carbocycles. The third kappa shape index (κ3) is 11.3. The maximum absolute atomic E-state index is 9.93. The second-order valence-corrected chi connectivity index (χ2v) is 1.85. The van der Waals surface area contributed by atoms with Crippen LogP contribution in [0.2, 0.25) is 0 Å². The average Bonchev–Trinajstić information content (AvgIpc) is 1.80. The topological polar surface area (TPSA) is 49.3 Å². The first-order valence-corrected chi connectivity index (χ1v) is 3.20. The Morgan fingerprint density at radius 1 is 1.60 bits per heavy atom. The Morgan fingerprint density at radius 2 is 2.20 bits per heavy atom. The third-order valence-electron chi connectivity index (χ3n) is 0.994. The zero-order valence-corrected chi connectivity index (χ0v) is 5.68. The fraction of sp³-hybridized carbons (Fsp3) is 0.833. The quantitative estimate of drug-likeness (QED) is 0.427. The molecule has 0 aliphatic carbocycles. The van der Waals surface area contributed by atoms with E-state index in [1.807, 2.05) is 6.92 Å². The van der Waals surface area contributed by atoms with Crippen LogP contribution >= 0.6 is 0 Å². The Labute approximate surface area is 83.5 Å². The van der Waals surface area contributed by atoms with Gasteiger partial charge in [0.15, 0.2) is 0 Å². The molecule has 0 fully saturated rings. The predicted octanol–water partition coefficient (Wildman–Crippen LogP) is -0.188. The third-order valence-corrected chi connectivity index (χ3v) is 0.994. The van der Waals surface area contributed by atoms with E-state index in [4.69, 9.17) is 5.11 Å². The van der Waals surface area contributed by atoms with Crippen LogP contribution in [0.3, 0.4) is 0 Å². The summed E-state index contributed by atoms with van der Waals surface area (Å²) in [7, 11) is 0. The van der Waals surface area contributed by atoms with Crippen LogP contribution in [0.25, 0.3) is 0 Å². The SMILES string of the molecule is CCNCCCC(=O)O.[NaH]. The van der Waals surface area contributed by atoms with Crippen LogP contribution in [0.4, 0.5) is 0 Å². The van der Waals surface area contributed by atoms with Crippen molar-refractivity contribution in [1.29, 1.82) is 0 Å². The van der Waals surface area contributed by atoms with E-state index in [0.29, 0.717) is 0 Å². The van der Waals surface area contributed by atoms with Gasteiger partial charge >= 0.3 is 35.5 Å². The summed E-state index contributed by atoms with van der Waals surface area (Å²) in [5.41, 5.74) is 0. The van der Waals surface area contributed by atoms with Gasteiger partial charge in [0.05, 0.1) is 0 Å². The Balaban J connectivity index is 0. The van der Waals surface area contributed by atoms with Crippen LogP contribution < -0.4 is 5.32 Å². The first-order chi connectivity index (χ1) is 4.27. The average molecular weight is 155 g/mol. The molecule has 4 heteroatoms. The second-order valence-electron chi connectivity index (χ2n) is 1.85. The summed E-state index contributed by atoms with van der Waals surface area (Å²) in [6, 6.07) is 0. The normalized spacial score (nSPS) is 8.50. The second kappa shape index (κ2) is 9.43. The van der Waals surface area contributed by atoms with E-state index in [0.717, 1.165) is 19.5 Å². The van der Waals surface area contributed by atoms with E-state index in [1.165, 1.54) is 0 Å². The molecule has 0 atom stereocenters. The van der Waals surface area contributed by atoms with Crippen molar-refractivity contribution < 1.29 is 9.90 Å². The van der Waals surface area contributed by atoms with Crippen molar-refractivity contribution in [3.63, 3.8) is 0 Å². The number of carbonyl (C=O) groups is 1. The summed E-state index contributed by atoms with van der Waals surface area (Å²) in [6.07, 6.45) is 0.996.